The molecule has 0 spiro atoms. The number of alkyl halides is 2. The van der Waals surface area contributed by atoms with Crippen LogP contribution in [0.25, 0.3) is 5.52 Å². The second-order valence-electron chi connectivity index (χ2n) is 5.82. The third-order valence-corrected chi connectivity index (χ3v) is 3.83. The van der Waals surface area contributed by atoms with Gasteiger partial charge < -0.3 is 4.90 Å². The Kier molecular flexibility index (Phi) is 3.19. The molecule has 6 heteroatoms. The van der Waals surface area contributed by atoms with E-state index < -0.39 is 5.92 Å². The van der Waals surface area contributed by atoms with Crippen LogP contribution in [-0.4, -0.2) is 34.4 Å². The number of carbonyl (C=O) groups excluding carboxylic acids is 1. The summed E-state index contributed by atoms with van der Waals surface area (Å²) in [6.07, 6.45) is 3.12. The van der Waals surface area contributed by atoms with E-state index in [1.807, 2.05) is 13.8 Å². The van der Waals surface area contributed by atoms with Gasteiger partial charge in [-0.3, -0.25) is 4.79 Å². The predicted octanol–water partition coefficient (Wildman–Crippen LogP) is 3.02. The number of rotatable bonds is 3. The van der Waals surface area contributed by atoms with Gasteiger partial charge in [0.25, 0.3) is 5.92 Å². The molecule has 0 saturated carbocycles. The lowest BCUT2D eigenvalue weighted by Crippen LogP contribution is -2.25. The van der Waals surface area contributed by atoms with Crippen LogP contribution in [0.4, 0.5) is 14.5 Å². The number of carbonyl (C=O) groups is 1. The van der Waals surface area contributed by atoms with Crippen molar-refractivity contribution in [2.45, 2.75) is 26.2 Å². The van der Waals surface area contributed by atoms with Gasteiger partial charge in [0.2, 0.25) is 0 Å². The maximum atomic E-state index is 13.3. The second-order valence-corrected chi connectivity index (χ2v) is 5.82. The quantitative estimate of drug-likeness (QED) is 0.816. The number of anilines is 1. The van der Waals surface area contributed by atoms with Gasteiger partial charge in [-0.1, -0.05) is 13.8 Å². The Morgan fingerprint density at radius 2 is 2.14 bits per heavy atom. The maximum absolute atomic E-state index is 13.3. The zero-order valence-corrected chi connectivity index (χ0v) is 12.0. The van der Waals surface area contributed by atoms with Crippen LogP contribution in [0, 0.1) is 5.92 Å². The van der Waals surface area contributed by atoms with Crippen LogP contribution in [-0.2, 0) is 0 Å². The van der Waals surface area contributed by atoms with Crippen LogP contribution in [0.1, 0.15) is 30.6 Å². The van der Waals surface area contributed by atoms with Gasteiger partial charge in [-0.2, -0.15) is 5.10 Å². The summed E-state index contributed by atoms with van der Waals surface area (Å²) < 4.78 is 28.2. The van der Waals surface area contributed by atoms with E-state index in [-0.39, 0.29) is 24.7 Å². The molecular formula is C15H17F2N3O. The Hall–Kier alpha value is -1.98. The lowest BCUT2D eigenvalue weighted by molar-refractivity contribution is 0.0257. The van der Waals surface area contributed by atoms with Gasteiger partial charge in [-0.15, -0.1) is 0 Å². The standard InChI is InChI=1S/C15H17F2N3O/c1-10(2)14(21)12-7-18-20-8-11(3-4-13(12)20)19-6-5-15(16,17)9-19/h3-4,7-8,10H,5-6,9H2,1-2H3. The van der Waals surface area contributed by atoms with Crippen LogP contribution in [0.5, 0.6) is 0 Å². The molecule has 1 aliphatic rings. The molecule has 112 valence electrons. The number of hydrogen-bond donors (Lipinski definition) is 0. The third-order valence-electron chi connectivity index (χ3n) is 3.83. The van der Waals surface area contributed by atoms with Crippen molar-refractivity contribution >= 4 is 17.0 Å². The number of Topliss-reactive ketones (excluding diaryl/α,β-unsaturated/α-hetero) is 1. The zero-order valence-electron chi connectivity index (χ0n) is 12.0. The molecule has 0 unspecified atom stereocenters. The van der Waals surface area contributed by atoms with Crippen molar-refractivity contribution in [1.29, 1.82) is 0 Å². The van der Waals surface area contributed by atoms with E-state index in [9.17, 15) is 13.6 Å². The monoisotopic (exact) mass is 293 g/mol. The average Bonchev–Trinajstić information content (AvgIpc) is 3.00. The first-order chi connectivity index (χ1) is 9.87. The van der Waals surface area contributed by atoms with Crippen LogP contribution in [0.15, 0.2) is 24.5 Å². The zero-order chi connectivity index (χ0) is 15.2. The summed E-state index contributed by atoms with van der Waals surface area (Å²) in [6, 6.07) is 3.55. The van der Waals surface area contributed by atoms with Gasteiger partial charge in [0.1, 0.15) is 0 Å². The molecule has 0 atom stereocenters. The van der Waals surface area contributed by atoms with Crippen molar-refractivity contribution < 1.29 is 13.6 Å². The molecule has 1 saturated heterocycles. The maximum Gasteiger partial charge on any atom is 0.266 e. The summed E-state index contributed by atoms with van der Waals surface area (Å²) in [5.41, 5.74) is 1.98. The smallest absolute Gasteiger partial charge is 0.266 e. The molecule has 0 aliphatic carbocycles. The summed E-state index contributed by atoms with van der Waals surface area (Å²) in [7, 11) is 0. The molecule has 1 aliphatic heterocycles. The Balaban J connectivity index is 1.94. The SMILES string of the molecule is CC(C)C(=O)c1cnn2cc(N3CCC(F)(F)C3)ccc12. The van der Waals surface area contributed by atoms with Crippen molar-refractivity contribution in [3.8, 4) is 0 Å². The first kappa shape index (κ1) is 14.0. The lowest BCUT2D eigenvalue weighted by atomic mass is 10.0. The largest absolute Gasteiger partial charge is 0.364 e. The van der Waals surface area contributed by atoms with Gasteiger partial charge in [0, 0.05) is 18.9 Å². The minimum Gasteiger partial charge on any atom is -0.364 e. The third kappa shape index (κ3) is 2.50. The van der Waals surface area contributed by atoms with E-state index in [2.05, 4.69) is 5.10 Å². The summed E-state index contributed by atoms with van der Waals surface area (Å²) >= 11 is 0. The fraction of sp³-hybridized carbons (Fsp3) is 0.467. The first-order valence-electron chi connectivity index (χ1n) is 7.02. The fourth-order valence-corrected chi connectivity index (χ4v) is 2.62. The van der Waals surface area contributed by atoms with E-state index in [0.717, 1.165) is 0 Å². The molecule has 0 radical (unpaired) electrons. The topological polar surface area (TPSA) is 37.6 Å². The minimum absolute atomic E-state index is 0.0328. The molecular weight excluding hydrogens is 276 g/mol. The summed E-state index contributed by atoms with van der Waals surface area (Å²) in [6.45, 7) is 3.74. The molecule has 4 nitrogen and oxygen atoms in total. The molecule has 2 aromatic heterocycles. The molecule has 0 bridgehead atoms. The highest BCUT2D eigenvalue weighted by molar-refractivity contribution is 6.03. The Labute approximate surface area is 121 Å². The van der Waals surface area contributed by atoms with Gasteiger partial charge in [-0.05, 0) is 12.1 Å². The fourth-order valence-electron chi connectivity index (χ4n) is 2.62. The molecule has 0 N–H and O–H groups in total. The second kappa shape index (κ2) is 4.79. The number of ketones is 1. The number of aromatic nitrogens is 2. The molecule has 2 aromatic rings. The number of halogens is 2. The van der Waals surface area contributed by atoms with Crippen molar-refractivity contribution in [2.24, 2.45) is 5.92 Å². The highest BCUT2D eigenvalue weighted by Gasteiger charge is 2.38. The van der Waals surface area contributed by atoms with Gasteiger partial charge >= 0.3 is 0 Å². The van der Waals surface area contributed by atoms with E-state index in [1.165, 1.54) is 0 Å². The van der Waals surface area contributed by atoms with E-state index in [4.69, 9.17) is 0 Å². The minimum atomic E-state index is -2.63. The molecule has 0 aromatic carbocycles. The van der Waals surface area contributed by atoms with E-state index in [1.54, 1.807) is 33.9 Å². The highest BCUT2D eigenvalue weighted by Crippen LogP contribution is 2.31. The van der Waals surface area contributed by atoms with Crippen LogP contribution >= 0.6 is 0 Å². The van der Waals surface area contributed by atoms with Gasteiger partial charge in [0.15, 0.2) is 5.78 Å². The van der Waals surface area contributed by atoms with Crippen molar-refractivity contribution in [3.05, 3.63) is 30.1 Å². The van der Waals surface area contributed by atoms with Crippen LogP contribution < -0.4 is 4.90 Å². The number of hydrogen-bond acceptors (Lipinski definition) is 3. The average molecular weight is 293 g/mol. The van der Waals surface area contributed by atoms with E-state index >= 15 is 0 Å². The summed E-state index contributed by atoms with van der Waals surface area (Å²) in [5, 5.41) is 4.17. The van der Waals surface area contributed by atoms with Crippen molar-refractivity contribution in [2.75, 3.05) is 18.0 Å². The van der Waals surface area contributed by atoms with Crippen molar-refractivity contribution in [3.63, 3.8) is 0 Å². The normalized spacial score (nSPS) is 17.9. The molecule has 21 heavy (non-hydrogen) atoms. The first-order valence-corrected chi connectivity index (χ1v) is 7.02. The number of nitrogens with zero attached hydrogens (tertiary/aromatic N) is 3. The number of pyridine rings is 1. The Morgan fingerprint density at radius 3 is 2.76 bits per heavy atom. The lowest BCUT2D eigenvalue weighted by Gasteiger charge is -2.18. The van der Waals surface area contributed by atoms with Gasteiger partial charge in [0.05, 0.1) is 35.7 Å². The summed E-state index contributed by atoms with van der Waals surface area (Å²) in [4.78, 5) is 13.7. The molecule has 3 rings (SSSR count). The molecule has 1 fully saturated rings. The predicted molar refractivity (Wildman–Crippen MR) is 76.1 cm³/mol. The number of fused-ring (bicyclic) bond motifs is 1. The van der Waals surface area contributed by atoms with Crippen LogP contribution in [0.3, 0.4) is 0 Å². The molecule has 0 amide bonds. The Morgan fingerprint density at radius 1 is 1.38 bits per heavy atom. The van der Waals surface area contributed by atoms with E-state index in [0.29, 0.717) is 23.3 Å². The highest BCUT2D eigenvalue weighted by atomic mass is 19.3. The molecule has 3 heterocycles. The van der Waals surface area contributed by atoms with Gasteiger partial charge in [-0.25, -0.2) is 13.3 Å². The van der Waals surface area contributed by atoms with Crippen molar-refractivity contribution in [1.82, 2.24) is 9.61 Å². The Bertz CT molecular complexity index is 693. The summed E-state index contributed by atoms with van der Waals surface area (Å²) in [5.74, 6) is -2.70. The van der Waals surface area contributed by atoms with Crippen LogP contribution in [0.2, 0.25) is 0 Å².